The second kappa shape index (κ2) is 5.03. The van der Waals surface area contributed by atoms with Crippen molar-refractivity contribution < 1.29 is 9.05 Å². The van der Waals surface area contributed by atoms with E-state index in [1.807, 2.05) is 6.92 Å². The molecule has 6 heteroatoms. The molecule has 0 N–H and O–H groups in total. The third kappa shape index (κ3) is 2.62. The zero-order valence-electron chi connectivity index (χ0n) is 11.3. The van der Waals surface area contributed by atoms with Crippen LogP contribution in [0.15, 0.2) is 15.3 Å². The fourth-order valence-electron chi connectivity index (χ4n) is 2.30. The molecule has 0 amide bonds. The Labute approximate surface area is 111 Å². The maximum atomic E-state index is 5.34. The van der Waals surface area contributed by atoms with Gasteiger partial charge in [-0.2, -0.15) is 4.98 Å². The van der Waals surface area contributed by atoms with E-state index in [0.29, 0.717) is 18.3 Å². The van der Waals surface area contributed by atoms with Crippen molar-refractivity contribution in [3.63, 3.8) is 0 Å². The minimum absolute atomic E-state index is 0.600. The van der Waals surface area contributed by atoms with Crippen molar-refractivity contribution in [3.05, 3.63) is 23.3 Å². The summed E-state index contributed by atoms with van der Waals surface area (Å²) in [6, 6.07) is 0.635. The summed E-state index contributed by atoms with van der Waals surface area (Å²) >= 11 is 0. The normalized spacial score (nSPS) is 17.1. The van der Waals surface area contributed by atoms with E-state index in [0.717, 1.165) is 30.3 Å². The summed E-state index contributed by atoms with van der Waals surface area (Å²) in [5.74, 6) is 1.47. The number of rotatable bonds is 3. The summed E-state index contributed by atoms with van der Waals surface area (Å²) in [5.41, 5.74) is 1.87. The maximum absolute atomic E-state index is 5.34. The Hall–Kier alpha value is -1.85. The lowest BCUT2D eigenvalue weighted by atomic mass is 10.00. The van der Waals surface area contributed by atoms with Gasteiger partial charge in [0, 0.05) is 25.1 Å². The van der Waals surface area contributed by atoms with Crippen molar-refractivity contribution in [1.82, 2.24) is 15.3 Å². The van der Waals surface area contributed by atoms with E-state index in [2.05, 4.69) is 27.1 Å². The first-order chi connectivity index (χ1) is 9.22. The van der Waals surface area contributed by atoms with E-state index in [9.17, 15) is 0 Å². The van der Waals surface area contributed by atoms with Crippen molar-refractivity contribution in [2.45, 2.75) is 33.1 Å². The van der Waals surface area contributed by atoms with Crippen LogP contribution in [0.4, 0.5) is 6.01 Å². The average Bonchev–Trinajstić information content (AvgIpc) is 3.01. The SMILES string of the molecule is Cc1nocc1Cc1noc(N2CCC(C)CC2)n1. The number of aromatic nitrogens is 3. The van der Waals surface area contributed by atoms with E-state index in [1.165, 1.54) is 12.8 Å². The molecule has 0 bridgehead atoms. The van der Waals surface area contributed by atoms with Crippen LogP contribution in [0.1, 0.15) is 36.8 Å². The molecule has 3 rings (SSSR count). The van der Waals surface area contributed by atoms with Crippen molar-refractivity contribution >= 4 is 6.01 Å². The van der Waals surface area contributed by atoms with E-state index >= 15 is 0 Å². The van der Waals surface area contributed by atoms with Gasteiger partial charge in [0.05, 0.1) is 5.69 Å². The van der Waals surface area contributed by atoms with E-state index < -0.39 is 0 Å². The van der Waals surface area contributed by atoms with Gasteiger partial charge in [-0.05, 0) is 25.7 Å². The summed E-state index contributed by atoms with van der Waals surface area (Å²) in [7, 11) is 0. The van der Waals surface area contributed by atoms with Gasteiger partial charge in [-0.3, -0.25) is 0 Å². The van der Waals surface area contributed by atoms with Crippen LogP contribution < -0.4 is 4.90 Å². The lowest BCUT2D eigenvalue weighted by molar-refractivity contribution is 0.374. The Kier molecular flexibility index (Phi) is 3.23. The van der Waals surface area contributed by atoms with Crippen molar-refractivity contribution in [2.75, 3.05) is 18.0 Å². The summed E-state index contributed by atoms with van der Waals surface area (Å²) in [6.45, 7) is 6.18. The summed E-state index contributed by atoms with van der Waals surface area (Å²) in [5, 5.41) is 7.88. The first-order valence-electron chi connectivity index (χ1n) is 6.70. The van der Waals surface area contributed by atoms with Crippen LogP contribution in [0.5, 0.6) is 0 Å². The summed E-state index contributed by atoms with van der Waals surface area (Å²) in [4.78, 5) is 6.62. The average molecular weight is 262 g/mol. The molecule has 0 spiro atoms. The Balaban J connectivity index is 1.68. The number of nitrogens with zero attached hydrogens (tertiary/aromatic N) is 4. The molecule has 0 unspecified atom stereocenters. The first kappa shape index (κ1) is 12.2. The monoisotopic (exact) mass is 262 g/mol. The molecule has 1 fully saturated rings. The Bertz CT molecular complexity index is 540. The highest BCUT2D eigenvalue weighted by Crippen LogP contribution is 2.22. The van der Waals surface area contributed by atoms with Crippen LogP contribution in [0.3, 0.4) is 0 Å². The molecule has 1 aliphatic heterocycles. The third-order valence-corrected chi connectivity index (χ3v) is 3.71. The Morgan fingerprint density at radius 3 is 2.79 bits per heavy atom. The van der Waals surface area contributed by atoms with Gasteiger partial charge in [0.25, 0.3) is 0 Å². The third-order valence-electron chi connectivity index (χ3n) is 3.71. The molecule has 0 atom stereocenters. The van der Waals surface area contributed by atoms with Crippen molar-refractivity contribution in [2.24, 2.45) is 5.92 Å². The number of hydrogen-bond acceptors (Lipinski definition) is 6. The molecule has 2 aromatic heterocycles. The lowest BCUT2D eigenvalue weighted by Crippen LogP contribution is -2.32. The molecule has 0 radical (unpaired) electrons. The van der Waals surface area contributed by atoms with Gasteiger partial charge >= 0.3 is 6.01 Å². The van der Waals surface area contributed by atoms with Crippen molar-refractivity contribution in [1.29, 1.82) is 0 Å². The topological polar surface area (TPSA) is 68.2 Å². The van der Waals surface area contributed by atoms with Crippen molar-refractivity contribution in [3.8, 4) is 0 Å². The standard InChI is InChI=1S/C13H18N4O2/c1-9-3-5-17(6-4-9)13-14-12(16-19-13)7-11-8-18-15-10(11)2/h8-9H,3-7H2,1-2H3. The molecular weight excluding hydrogens is 244 g/mol. The minimum atomic E-state index is 0.600. The zero-order chi connectivity index (χ0) is 13.2. The molecule has 102 valence electrons. The molecule has 3 heterocycles. The highest BCUT2D eigenvalue weighted by molar-refractivity contribution is 5.27. The quantitative estimate of drug-likeness (QED) is 0.844. The number of hydrogen-bond donors (Lipinski definition) is 0. The number of anilines is 1. The number of piperidine rings is 1. The minimum Gasteiger partial charge on any atom is -0.364 e. The second-order valence-electron chi connectivity index (χ2n) is 5.26. The first-order valence-corrected chi connectivity index (χ1v) is 6.70. The van der Waals surface area contributed by atoms with E-state index in [1.54, 1.807) is 6.26 Å². The molecule has 0 aliphatic carbocycles. The zero-order valence-corrected chi connectivity index (χ0v) is 11.3. The molecule has 2 aromatic rings. The van der Waals surface area contributed by atoms with Crippen LogP contribution in [0.2, 0.25) is 0 Å². The molecule has 0 aromatic carbocycles. The van der Waals surface area contributed by atoms with Gasteiger partial charge in [0.2, 0.25) is 0 Å². The fraction of sp³-hybridized carbons (Fsp3) is 0.615. The van der Waals surface area contributed by atoms with Gasteiger partial charge < -0.3 is 13.9 Å². The largest absolute Gasteiger partial charge is 0.364 e. The van der Waals surface area contributed by atoms with Crippen LogP contribution in [0, 0.1) is 12.8 Å². The Morgan fingerprint density at radius 1 is 1.32 bits per heavy atom. The van der Waals surface area contributed by atoms with Gasteiger partial charge in [-0.1, -0.05) is 17.2 Å². The Morgan fingerprint density at radius 2 is 2.11 bits per heavy atom. The van der Waals surface area contributed by atoms with Gasteiger partial charge in [0.15, 0.2) is 5.82 Å². The molecule has 0 saturated carbocycles. The molecule has 19 heavy (non-hydrogen) atoms. The fourth-order valence-corrected chi connectivity index (χ4v) is 2.30. The predicted octanol–water partition coefficient (Wildman–Crippen LogP) is 2.19. The van der Waals surface area contributed by atoms with Crippen LogP contribution in [0.25, 0.3) is 0 Å². The maximum Gasteiger partial charge on any atom is 0.324 e. The molecule has 6 nitrogen and oxygen atoms in total. The van der Waals surface area contributed by atoms with Crippen LogP contribution >= 0.6 is 0 Å². The molecule has 1 aliphatic rings. The van der Waals surface area contributed by atoms with Gasteiger partial charge in [-0.15, -0.1) is 0 Å². The summed E-state index contributed by atoms with van der Waals surface area (Å²) < 4.78 is 10.2. The summed E-state index contributed by atoms with van der Waals surface area (Å²) in [6.07, 6.45) is 4.60. The number of aryl methyl sites for hydroxylation is 1. The lowest BCUT2D eigenvalue weighted by Gasteiger charge is -2.28. The van der Waals surface area contributed by atoms with Crippen LogP contribution in [-0.2, 0) is 6.42 Å². The predicted molar refractivity (Wildman–Crippen MR) is 69.0 cm³/mol. The highest BCUT2D eigenvalue weighted by atomic mass is 16.5. The second-order valence-corrected chi connectivity index (χ2v) is 5.26. The van der Waals surface area contributed by atoms with Crippen LogP contribution in [-0.4, -0.2) is 28.4 Å². The smallest absolute Gasteiger partial charge is 0.324 e. The van der Waals surface area contributed by atoms with Gasteiger partial charge in [0.1, 0.15) is 6.26 Å². The van der Waals surface area contributed by atoms with E-state index in [4.69, 9.17) is 9.05 Å². The molecule has 1 saturated heterocycles. The highest BCUT2D eigenvalue weighted by Gasteiger charge is 2.21. The van der Waals surface area contributed by atoms with Gasteiger partial charge in [-0.25, -0.2) is 0 Å². The molecular formula is C13H18N4O2. The van der Waals surface area contributed by atoms with E-state index in [-0.39, 0.29) is 0 Å².